The fourth-order valence-electron chi connectivity index (χ4n) is 9.30. The van der Waals surface area contributed by atoms with Gasteiger partial charge in [0.25, 0.3) is 0 Å². The first-order chi connectivity index (χ1) is 16.4. The Morgan fingerprint density at radius 3 is 2.40 bits per heavy atom. The summed E-state index contributed by atoms with van der Waals surface area (Å²) in [6.07, 6.45) is 6.18. The highest BCUT2D eigenvalue weighted by atomic mass is 16.4. The molecule has 5 N–H and O–H groups in total. The van der Waals surface area contributed by atoms with Gasteiger partial charge in [-0.25, -0.2) is 4.79 Å². The van der Waals surface area contributed by atoms with Crippen molar-refractivity contribution in [3.63, 3.8) is 0 Å². The molecule has 4 rings (SSSR count). The number of nitrogens with one attached hydrogen (secondary N) is 1. The highest BCUT2D eigenvalue weighted by molar-refractivity contribution is 5.83. The minimum absolute atomic E-state index is 0.0627. The predicted octanol–water partition coefficient (Wildman–Crippen LogP) is 3.34. The number of rotatable bonds is 7. The standard InChI is InChI=1S/C28H47NO6/c1-5-21(26(34)35)29-24(33)9-6-15(2)18-7-8-19-25-20(14-23(32)28(18,19)4)27(3)11-10-17(30)12-16(27)13-22(25)31/h15-23,25,30-32H,5-14H2,1-4H3,(H,29,33)(H,34,35)/t15-,16+,17-,18-,19?,20?,21+,22?,23+,25?,27+,28-/m1/s1. The number of carboxylic acid groups (broad SMARTS) is 1. The van der Waals surface area contributed by atoms with E-state index in [1.54, 1.807) is 6.92 Å². The molecule has 4 aliphatic rings. The molecule has 0 aromatic rings. The minimum Gasteiger partial charge on any atom is -0.480 e. The molecule has 1 amide bonds. The fraction of sp³-hybridized carbons (Fsp3) is 0.929. The number of carboxylic acids is 1. The van der Waals surface area contributed by atoms with E-state index in [1.165, 1.54) is 0 Å². The summed E-state index contributed by atoms with van der Waals surface area (Å²) in [4.78, 5) is 23.7. The summed E-state index contributed by atoms with van der Waals surface area (Å²) >= 11 is 0. The SMILES string of the molecule is CC[C@H](NC(=O)CC[C@@H](C)[C@H]1CCC2C3C(O)C[C@@H]4C[C@H](O)CC[C@]4(C)C3C[C@H](O)[C@@]21C)C(=O)O. The Morgan fingerprint density at radius 2 is 1.74 bits per heavy atom. The zero-order valence-electron chi connectivity index (χ0n) is 21.9. The Kier molecular flexibility index (Phi) is 7.63. The van der Waals surface area contributed by atoms with Gasteiger partial charge in [0.2, 0.25) is 5.91 Å². The van der Waals surface area contributed by atoms with Crippen molar-refractivity contribution >= 4 is 11.9 Å². The number of amides is 1. The van der Waals surface area contributed by atoms with Gasteiger partial charge >= 0.3 is 5.97 Å². The molecule has 0 saturated heterocycles. The van der Waals surface area contributed by atoms with Crippen molar-refractivity contribution in [1.29, 1.82) is 0 Å². The summed E-state index contributed by atoms with van der Waals surface area (Å²) in [5.41, 5.74) is -0.227. The van der Waals surface area contributed by atoms with Crippen LogP contribution in [0.2, 0.25) is 0 Å². The van der Waals surface area contributed by atoms with Gasteiger partial charge in [-0.05, 0) is 104 Å². The van der Waals surface area contributed by atoms with Crippen LogP contribution in [-0.4, -0.2) is 56.7 Å². The summed E-state index contributed by atoms with van der Waals surface area (Å²) in [6, 6.07) is -0.845. The fourth-order valence-corrected chi connectivity index (χ4v) is 9.30. The summed E-state index contributed by atoms with van der Waals surface area (Å²) < 4.78 is 0. The molecular formula is C28H47NO6. The van der Waals surface area contributed by atoms with Crippen molar-refractivity contribution in [2.45, 2.75) is 116 Å². The van der Waals surface area contributed by atoms with Gasteiger partial charge in [-0.1, -0.05) is 27.7 Å². The lowest BCUT2D eigenvalue weighted by atomic mass is 9.43. The lowest BCUT2D eigenvalue weighted by Gasteiger charge is -2.63. The smallest absolute Gasteiger partial charge is 0.326 e. The van der Waals surface area contributed by atoms with E-state index in [0.717, 1.165) is 38.5 Å². The number of carbonyl (C=O) groups is 2. The average Bonchev–Trinajstić information content (AvgIpc) is 3.16. The molecular weight excluding hydrogens is 446 g/mol. The third-order valence-electron chi connectivity index (χ3n) is 11.4. The van der Waals surface area contributed by atoms with Crippen LogP contribution in [0.1, 0.15) is 91.9 Å². The molecule has 0 spiro atoms. The largest absolute Gasteiger partial charge is 0.480 e. The molecule has 4 unspecified atom stereocenters. The molecule has 200 valence electrons. The van der Waals surface area contributed by atoms with E-state index in [9.17, 15) is 30.0 Å². The van der Waals surface area contributed by atoms with E-state index < -0.39 is 18.1 Å². The zero-order chi connectivity index (χ0) is 25.7. The van der Waals surface area contributed by atoms with Crippen LogP contribution >= 0.6 is 0 Å². The van der Waals surface area contributed by atoms with Gasteiger partial charge in [-0.2, -0.15) is 0 Å². The number of carbonyl (C=O) groups excluding carboxylic acids is 1. The number of fused-ring (bicyclic) bond motifs is 5. The Morgan fingerprint density at radius 1 is 1.03 bits per heavy atom. The van der Waals surface area contributed by atoms with Crippen LogP contribution in [0.4, 0.5) is 0 Å². The molecule has 12 atom stereocenters. The monoisotopic (exact) mass is 493 g/mol. The first-order valence-electron chi connectivity index (χ1n) is 14.0. The summed E-state index contributed by atoms with van der Waals surface area (Å²) in [7, 11) is 0. The molecule has 4 fully saturated rings. The maximum absolute atomic E-state index is 12.4. The van der Waals surface area contributed by atoms with Gasteiger partial charge in [0.15, 0.2) is 0 Å². The lowest BCUT2D eigenvalue weighted by molar-refractivity contribution is -0.207. The minimum atomic E-state index is -1.01. The van der Waals surface area contributed by atoms with Crippen LogP contribution in [0.15, 0.2) is 0 Å². The molecule has 35 heavy (non-hydrogen) atoms. The van der Waals surface area contributed by atoms with Crippen molar-refractivity contribution in [3.8, 4) is 0 Å². The number of aliphatic hydroxyl groups excluding tert-OH is 3. The summed E-state index contributed by atoms with van der Waals surface area (Å²) in [5, 5.41) is 45.1. The van der Waals surface area contributed by atoms with E-state index in [1.807, 2.05) is 0 Å². The van der Waals surface area contributed by atoms with Crippen LogP contribution in [-0.2, 0) is 9.59 Å². The van der Waals surface area contributed by atoms with Gasteiger partial charge in [-0.3, -0.25) is 4.79 Å². The highest BCUT2D eigenvalue weighted by Gasteiger charge is 2.65. The summed E-state index contributed by atoms with van der Waals surface area (Å²) in [6.45, 7) is 8.47. The normalized spacial score (nSPS) is 46.6. The Bertz CT molecular complexity index is 804. The zero-order valence-corrected chi connectivity index (χ0v) is 21.9. The molecule has 7 nitrogen and oxygen atoms in total. The number of hydrogen-bond donors (Lipinski definition) is 5. The number of aliphatic carboxylic acids is 1. The molecule has 0 bridgehead atoms. The number of hydrogen-bond acceptors (Lipinski definition) is 5. The van der Waals surface area contributed by atoms with E-state index in [-0.39, 0.29) is 65.0 Å². The summed E-state index contributed by atoms with van der Waals surface area (Å²) in [5.74, 6) is 0.287. The van der Waals surface area contributed by atoms with Crippen LogP contribution in [0.25, 0.3) is 0 Å². The van der Waals surface area contributed by atoms with Crippen LogP contribution < -0.4 is 5.32 Å². The van der Waals surface area contributed by atoms with Gasteiger partial charge in [0.1, 0.15) is 6.04 Å². The van der Waals surface area contributed by atoms with Crippen molar-refractivity contribution in [2.24, 2.45) is 46.3 Å². The molecule has 0 heterocycles. The predicted molar refractivity (Wildman–Crippen MR) is 132 cm³/mol. The first-order valence-corrected chi connectivity index (χ1v) is 14.0. The maximum Gasteiger partial charge on any atom is 0.326 e. The molecule has 4 saturated carbocycles. The van der Waals surface area contributed by atoms with Gasteiger partial charge in [0.05, 0.1) is 18.3 Å². The third-order valence-corrected chi connectivity index (χ3v) is 11.4. The lowest BCUT2D eigenvalue weighted by Crippen LogP contribution is -2.62. The van der Waals surface area contributed by atoms with Crippen LogP contribution in [0.5, 0.6) is 0 Å². The van der Waals surface area contributed by atoms with E-state index in [4.69, 9.17) is 0 Å². The second kappa shape index (κ2) is 9.94. The Balaban J connectivity index is 1.47. The van der Waals surface area contributed by atoms with E-state index in [2.05, 4.69) is 26.1 Å². The quantitative estimate of drug-likeness (QED) is 0.370. The van der Waals surface area contributed by atoms with Crippen molar-refractivity contribution in [1.82, 2.24) is 5.32 Å². The molecule has 0 aliphatic heterocycles. The van der Waals surface area contributed by atoms with E-state index >= 15 is 0 Å². The molecule has 4 aliphatic carbocycles. The third kappa shape index (κ3) is 4.54. The van der Waals surface area contributed by atoms with Gasteiger partial charge in [0, 0.05) is 6.42 Å². The Hall–Kier alpha value is -1.18. The second-order valence-electron chi connectivity index (χ2n) is 12.9. The Labute approximate surface area is 210 Å². The van der Waals surface area contributed by atoms with Gasteiger partial charge < -0.3 is 25.7 Å². The molecule has 0 aromatic carbocycles. The second-order valence-corrected chi connectivity index (χ2v) is 12.9. The van der Waals surface area contributed by atoms with E-state index in [0.29, 0.717) is 25.2 Å². The highest BCUT2D eigenvalue weighted by Crippen LogP contribution is 2.68. The molecule has 7 heteroatoms. The topological polar surface area (TPSA) is 127 Å². The van der Waals surface area contributed by atoms with Crippen LogP contribution in [0, 0.1) is 46.3 Å². The van der Waals surface area contributed by atoms with Crippen LogP contribution in [0.3, 0.4) is 0 Å². The molecule has 0 aromatic heterocycles. The van der Waals surface area contributed by atoms with Crippen molar-refractivity contribution in [2.75, 3.05) is 0 Å². The average molecular weight is 494 g/mol. The number of aliphatic hydroxyl groups is 3. The van der Waals surface area contributed by atoms with Gasteiger partial charge in [-0.15, -0.1) is 0 Å². The van der Waals surface area contributed by atoms with Crippen molar-refractivity contribution in [3.05, 3.63) is 0 Å². The maximum atomic E-state index is 12.4. The van der Waals surface area contributed by atoms with Crippen molar-refractivity contribution < 1.29 is 30.0 Å². The molecule has 0 radical (unpaired) electrons. The first kappa shape index (κ1) is 26.9.